The largest absolute Gasteiger partial charge is 0.314 e. The first-order valence-electron chi connectivity index (χ1n) is 7.41. The number of hydrogen-bond donors (Lipinski definition) is 1. The monoisotopic (exact) mass is 367 g/mol. The first-order chi connectivity index (χ1) is 10.2. The molecule has 1 nitrogen and oxygen atoms in total. The van der Waals surface area contributed by atoms with Gasteiger partial charge in [-0.2, -0.15) is 0 Å². The third kappa shape index (κ3) is 4.90. The van der Waals surface area contributed by atoms with Gasteiger partial charge in [-0.3, -0.25) is 0 Å². The Bertz CT molecular complexity index is 594. The predicted octanol–water partition coefficient (Wildman–Crippen LogP) is 4.80. The second kappa shape index (κ2) is 7.03. The average Bonchev–Trinajstić information content (AvgIpc) is 3.19. The van der Waals surface area contributed by atoms with Gasteiger partial charge in [-0.1, -0.05) is 12.1 Å². The zero-order valence-corrected chi connectivity index (χ0v) is 14.2. The molecule has 1 aliphatic carbocycles. The number of rotatable bonds is 7. The van der Waals surface area contributed by atoms with Gasteiger partial charge in [-0.15, -0.1) is 11.3 Å². The van der Waals surface area contributed by atoms with Crippen LogP contribution in [0.3, 0.4) is 0 Å². The minimum atomic E-state index is -0.139. The van der Waals surface area contributed by atoms with Gasteiger partial charge in [0, 0.05) is 10.9 Å². The molecule has 1 N–H and O–H groups in total. The lowest BCUT2D eigenvalue weighted by Gasteiger charge is -2.17. The first kappa shape index (κ1) is 15.2. The van der Waals surface area contributed by atoms with E-state index in [1.807, 2.05) is 6.07 Å². The Labute approximate surface area is 137 Å². The van der Waals surface area contributed by atoms with Gasteiger partial charge in [0.05, 0.1) is 3.79 Å². The molecule has 0 radical (unpaired) electrons. The summed E-state index contributed by atoms with van der Waals surface area (Å²) in [5.41, 5.74) is 1.09. The summed E-state index contributed by atoms with van der Waals surface area (Å²) in [6.07, 6.45) is 4.58. The first-order valence-corrected chi connectivity index (χ1v) is 9.02. The summed E-state index contributed by atoms with van der Waals surface area (Å²) in [7, 11) is 0. The highest BCUT2D eigenvalue weighted by Crippen LogP contribution is 2.26. The lowest BCUT2D eigenvalue weighted by molar-refractivity contribution is 0.470. The maximum Gasteiger partial charge on any atom is 0.123 e. The van der Waals surface area contributed by atoms with Gasteiger partial charge in [0.15, 0.2) is 0 Å². The van der Waals surface area contributed by atoms with Crippen molar-refractivity contribution in [3.05, 3.63) is 56.4 Å². The van der Waals surface area contributed by atoms with Crippen LogP contribution in [0.1, 0.15) is 23.3 Å². The van der Waals surface area contributed by atoms with E-state index in [2.05, 4.69) is 33.4 Å². The maximum absolute atomic E-state index is 13.4. The Morgan fingerprint density at radius 2 is 2.10 bits per heavy atom. The Morgan fingerprint density at radius 3 is 2.76 bits per heavy atom. The average molecular weight is 368 g/mol. The second-order valence-corrected chi connectivity index (χ2v) is 8.34. The fourth-order valence-corrected chi connectivity index (χ4v) is 4.18. The van der Waals surface area contributed by atoms with Crippen LogP contribution in [-0.4, -0.2) is 12.6 Å². The quantitative estimate of drug-likeness (QED) is 0.740. The second-order valence-electron chi connectivity index (χ2n) is 5.79. The number of nitrogens with one attached hydrogen (secondary N) is 1. The molecule has 2 aromatic rings. The molecule has 0 bridgehead atoms. The topological polar surface area (TPSA) is 12.0 Å². The van der Waals surface area contributed by atoms with Crippen molar-refractivity contribution in [3.8, 4) is 0 Å². The van der Waals surface area contributed by atoms with Gasteiger partial charge in [-0.25, -0.2) is 4.39 Å². The third-order valence-electron chi connectivity index (χ3n) is 3.80. The zero-order valence-electron chi connectivity index (χ0n) is 11.8. The van der Waals surface area contributed by atoms with E-state index >= 15 is 0 Å². The Kier molecular flexibility index (Phi) is 5.09. The number of thiophene rings is 1. The summed E-state index contributed by atoms with van der Waals surface area (Å²) in [6, 6.07) is 12.0. The summed E-state index contributed by atoms with van der Waals surface area (Å²) in [5, 5.41) is 3.62. The molecule has 0 saturated heterocycles. The molecule has 1 atom stereocenters. The van der Waals surface area contributed by atoms with E-state index in [-0.39, 0.29) is 5.82 Å². The highest BCUT2D eigenvalue weighted by Gasteiger charge is 2.22. The van der Waals surface area contributed by atoms with Gasteiger partial charge in [0.1, 0.15) is 5.82 Å². The molecule has 3 rings (SSSR count). The third-order valence-corrected chi connectivity index (χ3v) is 5.45. The van der Waals surface area contributed by atoms with Crippen LogP contribution in [0.15, 0.2) is 40.2 Å². The Morgan fingerprint density at radius 1 is 1.24 bits per heavy atom. The molecular weight excluding hydrogens is 349 g/mol. The minimum Gasteiger partial charge on any atom is -0.314 e. The standard InChI is InChI=1S/C17H19BrFNS/c18-17-7-6-16(21-17)10-13(11-20-15-4-5-15)8-12-2-1-3-14(19)9-12/h1-3,6-7,9,13,15,20H,4-5,8,10-11H2. The van der Waals surface area contributed by atoms with E-state index in [0.717, 1.165) is 31.0 Å². The van der Waals surface area contributed by atoms with E-state index in [1.54, 1.807) is 23.5 Å². The molecule has 1 aromatic carbocycles. The zero-order chi connectivity index (χ0) is 14.7. The number of hydrogen-bond acceptors (Lipinski definition) is 2. The van der Waals surface area contributed by atoms with E-state index in [9.17, 15) is 4.39 Å². The van der Waals surface area contributed by atoms with Crippen molar-refractivity contribution in [2.75, 3.05) is 6.54 Å². The van der Waals surface area contributed by atoms with E-state index in [0.29, 0.717) is 5.92 Å². The summed E-state index contributed by atoms with van der Waals surface area (Å²) >= 11 is 5.32. The SMILES string of the molecule is Fc1cccc(CC(CNC2CC2)Cc2ccc(Br)s2)c1. The van der Waals surface area contributed by atoms with Crippen LogP contribution in [0.25, 0.3) is 0 Å². The van der Waals surface area contributed by atoms with E-state index < -0.39 is 0 Å². The lowest BCUT2D eigenvalue weighted by Crippen LogP contribution is -2.27. The fourth-order valence-electron chi connectivity index (χ4n) is 2.58. The molecule has 1 aliphatic rings. The van der Waals surface area contributed by atoms with Gasteiger partial charge in [0.2, 0.25) is 0 Å². The molecule has 0 aliphatic heterocycles. The van der Waals surface area contributed by atoms with Gasteiger partial charge in [-0.05, 0) is 83.9 Å². The molecule has 21 heavy (non-hydrogen) atoms. The highest BCUT2D eigenvalue weighted by molar-refractivity contribution is 9.11. The maximum atomic E-state index is 13.4. The molecule has 0 spiro atoms. The molecule has 4 heteroatoms. The van der Waals surface area contributed by atoms with Crippen molar-refractivity contribution in [3.63, 3.8) is 0 Å². The normalized spacial score (nSPS) is 16.1. The number of halogens is 2. The van der Waals surface area contributed by atoms with Crippen LogP contribution in [0.2, 0.25) is 0 Å². The molecule has 1 fully saturated rings. The van der Waals surface area contributed by atoms with Crippen molar-refractivity contribution in [2.45, 2.75) is 31.7 Å². The van der Waals surface area contributed by atoms with Crippen LogP contribution in [0, 0.1) is 11.7 Å². The Balaban J connectivity index is 1.65. The van der Waals surface area contributed by atoms with Crippen LogP contribution < -0.4 is 5.32 Å². The fraction of sp³-hybridized carbons (Fsp3) is 0.412. The smallest absolute Gasteiger partial charge is 0.123 e. The summed E-state index contributed by atoms with van der Waals surface area (Å²) < 4.78 is 14.5. The van der Waals surface area contributed by atoms with Crippen LogP contribution in [0.4, 0.5) is 4.39 Å². The summed E-state index contributed by atoms with van der Waals surface area (Å²) in [5.74, 6) is 0.373. The minimum absolute atomic E-state index is 0.139. The summed E-state index contributed by atoms with van der Waals surface area (Å²) in [6.45, 7) is 1.01. The van der Waals surface area contributed by atoms with Crippen molar-refractivity contribution >= 4 is 27.3 Å². The molecule has 1 aromatic heterocycles. The summed E-state index contributed by atoms with van der Waals surface area (Å²) in [4.78, 5) is 1.39. The molecule has 0 amide bonds. The molecule has 1 heterocycles. The lowest BCUT2D eigenvalue weighted by atomic mass is 9.95. The van der Waals surface area contributed by atoms with Gasteiger partial charge < -0.3 is 5.32 Å². The van der Waals surface area contributed by atoms with Crippen molar-refractivity contribution in [1.82, 2.24) is 5.32 Å². The molecule has 1 saturated carbocycles. The van der Waals surface area contributed by atoms with Crippen LogP contribution in [-0.2, 0) is 12.8 Å². The molecular formula is C17H19BrFNS. The molecule has 112 valence electrons. The van der Waals surface area contributed by atoms with Crippen molar-refractivity contribution < 1.29 is 4.39 Å². The van der Waals surface area contributed by atoms with Crippen molar-refractivity contribution in [2.24, 2.45) is 5.92 Å². The predicted molar refractivity (Wildman–Crippen MR) is 90.3 cm³/mol. The molecule has 1 unspecified atom stereocenters. The van der Waals surface area contributed by atoms with Gasteiger partial charge >= 0.3 is 0 Å². The van der Waals surface area contributed by atoms with Crippen LogP contribution in [0.5, 0.6) is 0 Å². The van der Waals surface area contributed by atoms with E-state index in [4.69, 9.17) is 0 Å². The van der Waals surface area contributed by atoms with Crippen molar-refractivity contribution in [1.29, 1.82) is 0 Å². The number of benzene rings is 1. The van der Waals surface area contributed by atoms with Gasteiger partial charge in [0.25, 0.3) is 0 Å². The van der Waals surface area contributed by atoms with Crippen LogP contribution >= 0.6 is 27.3 Å². The highest BCUT2D eigenvalue weighted by atomic mass is 79.9. The Hall–Kier alpha value is -0.710. The van der Waals surface area contributed by atoms with E-state index in [1.165, 1.54) is 27.6 Å².